The smallest absolute Gasteiger partial charge is 0.319 e. The Kier molecular flexibility index (Phi) is 11.7. The zero-order chi connectivity index (χ0) is 31.1. The molecular weight excluding hydrogens is 576 g/mol. The van der Waals surface area contributed by atoms with E-state index in [1.807, 2.05) is 53.1 Å². The molecule has 0 aromatic heterocycles. The van der Waals surface area contributed by atoms with E-state index in [9.17, 15) is 14.4 Å². The summed E-state index contributed by atoms with van der Waals surface area (Å²) in [4.78, 5) is 50.4. The number of hydrogen-bond acceptors (Lipinski definition) is 4. The maximum absolute atomic E-state index is 14.1. The van der Waals surface area contributed by atoms with Crippen molar-refractivity contribution in [3.63, 3.8) is 0 Å². The van der Waals surface area contributed by atoms with Gasteiger partial charge in [-0.2, -0.15) is 0 Å². The first kappa shape index (κ1) is 32.9. The van der Waals surface area contributed by atoms with Crippen LogP contribution >= 0.6 is 11.6 Å². The SMILES string of the molecule is CN(C)C(=O)N(C1CCCCC1)C1CCN(C(=O)[C@H](Cc2ccc(Cl)cc2)NC2CCN(C(=O)N3CCCCC3)CC2)CC1. The predicted octanol–water partition coefficient (Wildman–Crippen LogP) is 5.22. The Bertz CT molecular complexity index is 1090. The van der Waals surface area contributed by atoms with E-state index in [2.05, 4.69) is 10.2 Å². The molecule has 9 nitrogen and oxygen atoms in total. The van der Waals surface area contributed by atoms with Crippen LogP contribution in [0.4, 0.5) is 9.59 Å². The number of amides is 5. The van der Waals surface area contributed by atoms with Crippen LogP contribution in [0.3, 0.4) is 0 Å². The number of rotatable bonds is 7. The lowest BCUT2D eigenvalue weighted by molar-refractivity contribution is -0.135. The first-order valence-corrected chi connectivity index (χ1v) is 17.5. The van der Waals surface area contributed by atoms with Crippen molar-refractivity contribution in [1.29, 1.82) is 0 Å². The number of urea groups is 2. The lowest BCUT2D eigenvalue weighted by Gasteiger charge is -2.45. The molecule has 0 unspecified atom stereocenters. The van der Waals surface area contributed by atoms with Gasteiger partial charge >= 0.3 is 12.1 Å². The molecule has 4 aliphatic rings. The average molecular weight is 629 g/mol. The van der Waals surface area contributed by atoms with Crippen LogP contribution < -0.4 is 5.32 Å². The van der Waals surface area contributed by atoms with Gasteiger partial charge in [-0.15, -0.1) is 0 Å². The molecule has 3 aliphatic heterocycles. The van der Waals surface area contributed by atoms with Gasteiger partial charge in [0.15, 0.2) is 0 Å². The number of benzene rings is 1. The Balaban J connectivity index is 1.21. The molecule has 244 valence electrons. The summed E-state index contributed by atoms with van der Waals surface area (Å²) in [5.74, 6) is 0.133. The summed E-state index contributed by atoms with van der Waals surface area (Å²) in [7, 11) is 3.69. The van der Waals surface area contributed by atoms with E-state index >= 15 is 0 Å². The number of piperidine rings is 3. The standard InChI is InChI=1S/C34H53ClN6O3/c1-37(2)33(43)41(29-9-5-3-6-10-29)30-17-23-38(24-18-30)32(42)31(25-26-11-13-27(35)14-12-26)36-28-15-21-40(22-16-28)34(44)39-19-7-4-8-20-39/h11-14,28-31,36H,3-10,15-25H2,1-2H3/t31-/m0/s1. The second-order valence-corrected chi connectivity index (χ2v) is 14.0. The van der Waals surface area contributed by atoms with Gasteiger partial charge in [-0.1, -0.05) is 43.0 Å². The quantitative estimate of drug-likeness (QED) is 0.449. The summed E-state index contributed by atoms with van der Waals surface area (Å²) in [6.45, 7) is 4.50. The van der Waals surface area contributed by atoms with E-state index in [4.69, 9.17) is 11.6 Å². The lowest BCUT2D eigenvalue weighted by atomic mass is 9.91. The molecule has 5 amide bonds. The van der Waals surface area contributed by atoms with Crippen LogP contribution in [0.5, 0.6) is 0 Å². The molecule has 1 aromatic carbocycles. The molecule has 1 aliphatic carbocycles. The van der Waals surface area contributed by atoms with Crippen molar-refractivity contribution in [2.45, 2.75) is 108 Å². The number of nitrogens with zero attached hydrogens (tertiary/aromatic N) is 5. The number of carbonyl (C=O) groups excluding carboxylic acids is 3. The third-order valence-corrected chi connectivity index (χ3v) is 10.5. The minimum atomic E-state index is -0.347. The molecule has 1 saturated carbocycles. The van der Waals surface area contributed by atoms with Crippen LogP contribution in [0.1, 0.15) is 82.6 Å². The molecule has 1 aromatic rings. The molecule has 4 fully saturated rings. The van der Waals surface area contributed by atoms with E-state index in [0.29, 0.717) is 30.6 Å². The highest BCUT2D eigenvalue weighted by Gasteiger charge is 2.37. The van der Waals surface area contributed by atoms with Gasteiger partial charge < -0.3 is 29.8 Å². The summed E-state index contributed by atoms with van der Waals surface area (Å²) < 4.78 is 0. The highest BCUT2D eigenvalue weighted by atomic mass is 35.5. The molecule has 0 radical (unpaired) electrons. The monoisotopic (exact) mass is 628 g/mol. The van der Waals surface area contributed by atoms with E-state index in [-0.39, 0.29) is 36.1 Å². The van der Waals surface area contributed by atoms with Gasteiger partial charge in [0.1, 0.15) is 0 Å². The largest absolute Gasteiger partial charge is 0.341 e. The Morgan fingerprint density at radius 2 is 1.30 bits per heavy atom. The van der Waals surface area contributed by atoms with Gasteiger partial charge in [-0.3, -0.25) is 4.79 Å². The third-order valence-electron chi connectivity index (χ3n) is 10.2. The van der Waals surface area contributed by atoms with Crippen LogP contribution in [0, 0.1) is 0 Å². The fourth-order valence-electron chi connectivity index (χ4n) is 7.67. The zero-order valence-electron chi connectivity index (χ0n) is 26.9. The van der Waals surface area contributed by atoms with E-state index < -0.39 is 0 Å². The van der Waals surface area contributed by atoms with Crippen molar-refractivity contribution in [3.05, 3.63) is 34.9 Å². The highest BCUT2D eigenvalue weighted by molar-refractivity contribution is 6.30. The average Bonchev–Trinajstić information content (AvgIpc) is 3.06. The molecule has 0 spiro atoms. The number of carbonyl (C=O) groups is 3. The van der Waals surface area contributed by atoms with Crippen molar-refractivity contribution in [3.8, 4) is 0 Å². The maximum atomic E-state index is 14.1. The van der Waals surface area contributed by atoms with Gasteiger partial charge in [-0.25, -0.2) is 9.59 Å². The topological polar surface area (TPSA) is 79.4 Å². The maximum Gasteiger partial charge on any atom is 0.319 e. The Morgan fingerprint density at radius 1 is 0.750 bits per heavy atom. The van der Waals surface area contributed by atoms with E-state index in [1.54, 1.807) is 4.90 Å². The summed E-state index contributed by atoms with van der Waals surface area (Å²) in [6, 6.07) is 8.37. The highest BCUT2D eigenvalue weighted by Crippen LogP contribution is 2.29. The van der Waals surface area contributed by atoms with E-state index in [0.717, 1.165) is 83.1 Å². The van der Waals surface area contributed by atoms with Gasteiger partial charge in [-0.05, 0) is 81.9 Å². The second kappa shape index (κ2) is 15.7. The first-order valence-electron chi connectivity index (χ1n) is 17.1. The minimum Gasteiger partial charge on any atom is -0.341 e. The van der Waals surface area contributed by atoms with Crippen molar-refractivity contribution >= 4 is 29.6 Å². The van der Waals surface area contributed by atoms with Crippen molar-refractivity contribution in [1.82, 2.24) is 29.8 Å². The molecule has 5 rings (SSSR count). The van der Waals surface area contributed by atoms with Gasteiger partial charge in [0.05, 0.1) is 6.04 Å². The summed E-state index contributed by atoms with van der Waals surface area (Å²) in [5, 5.41) is 4.41. The Hall–Kier alpha value is -2.52. The zero-order valence-corrected chi connectivity index (χ0v) is 27.6. The molecule has 10 heteroatoms. The molecule has 3 saturated heterocycles. The molecular formula is C34H53ClN6O3. The minimum absolute atomic E-state index is 0.106. The summed E-state index contributed by atoms with van der Waals surface area (Å²) >= 11 is 6.16. The number of likely N-dealkylation sites (tertiary alicyclic amines) is 3. The van der Waals surface area contributed by atoms with Crippen LogP contribution in [-0.4, -0.2) is 120 Å². The number of hydrogen-bond donors (Lipinski definition) is 1. The van der Waals surface area contributed by atoms with Gasteiger partial charge in [0, 0.05) is 76.5 Å². The summed E-state index contributed by atoms with van der Waals surface area (Å²) in [6.07, 6.45) is 13.1. The van der Waals surface area contributed by atoms with Crippen molar-refractivity contribution in [2.24, 2.45) is 0 Å². The molecule has 1 atom stereocenters. The molecule has 44 heavy (non-hydrogen) atoms. The van der Waals surface area contributed by atoms with Crippen LogP contribution in [0.2, 0.25) is 5.02 Å². The van der Waals surface area contributed by atoms with Crippen LogP contribution in [0.15, 0.2) is 24.3 Å². The first-order chi connectivity index (χ1) is 21.3. The Labute approximate surface area is 269 Å². The second-order valence-electron chi connectivity index (χ2n) is 13.6. The number of nitrogens with one attached hydrogen (secondary N) is 1. The Morgan fingerprint density at radius 3 is 1.91 bits per heavy atom. The lowest BCUT2D eigenvalue weighted by Crippen LogP contribution is -2.58. The van der Waals surface area contributed by atoms with E-state index in [1.165, 1.54) is 25.7 Å². The fourth-order valence-corrected chi connectivity index (χ4v) is 7.79. The van der Waals surface area contributed by atoms with Crippen LogP contribution in [0.25, 0.3) is 0 Å². The van der Waals surface area contributed by atoms with Gasteiger partial charge in [0.25, 0.3) is 0 Å². The molecule has 1 N–H and O–H groups in total. The van der Waals surface area contributed by atoms with Crippen LogP contribution in [-0.2, 0) is 11.2 Å². The van der Waals surface area contributed by atoms with Crippen molar-refractivity contribution in [2.75, 3.05) is 53.4 Å². The number of halogens is 1. The fraction of sp³-hybridized carbons (Fsp3) is 0.735. The third kappa shape index (κ3) is 8.39. The normalized spacial score (nSPS) is 21.7. The molecule has 0 bridgehead atoms. The molecule has 3 heterocycles. The predicted molar refractivity (Wildman–Crippen MR) is 175 cm³/mol. The summed E-state index contributed by atoms with van der Waals surface area (Å²) in [5.41, 5.74) is 1.08. The van der Waals surface area contributed by atoms with Crippen molar-refractivity contribution < 1.29 is 14.4 Å². The van der Waals surface area contributed by atoms with Gasteiger partial charge in [0.2, 0.25) is 5.91 Å².